The summed E-state index contributed by atoms with van der Waals surface area (Å²) in [5.41, 5.74) is 0. The van der Waals surface area contributed by atoms with Crippen LogP contribution in [0.3, 0.4) is 0 Å². The van der Waals surface area contributed by atoms with Crippen LogP contribution < -0.4 is 0 Å². The fourth-order valence-electron chi connectivity index (χ4n) is 0.605. The third-order valence-electron chi connectivity index (χ3n) is 1.08. The lowest BCUT2D eigenvalue weighted by molar-refractivity contribution is 0.0654. The maximum absolute atomic E-state index is 8.86. The van der Waals surface area contributed by atoms with Crippen molar-refractivity contribution in [1.29, 1.82) is 0 Å². The van der Waals surface area contributed by atoms with Crippen molar-refractivity contribution in [3.05, 3.63) is 10.4 Å². The molecule has 0 aliphatic heterocycles. The summed E-state index contributed by atoms with van der Waals surface area (Å²) < 4.78 is 5.28. The SMILES string of the molecule is CC(C)OCc1nc(O)cs1. The van der Waals surface area contributed by atoms with Gasteiger partial charge < -0.3 is 9.84 Å². The van der Waals surface area contributed by atoms with Gasteiger partial charge in [-0.3, -0.25) is 0 Å². The first-order valence-electron chi connectivity index (χ1n) is 3.43. The van der Waals surface area contributed by atoms with Crippen LogP contribution in [0.25, 0.3) is 0 Å². The van der Waals surface area contributed by atoms with Crippen LogP contribution in [0.1, 0.15) is 18.9 Å². The summed E-state index contributed by atoms with van der Waals surface area (Å²) in [6, 6.07) is 0. The highest BCUT2D eigenvalue weighted by atomic mass is 32.1. The molecule has 62 valence electrons. The topological polar surface area (TPSA) is 42.4 Å². The maximum Gasteiger partial charge on any atom is 0.222 e. The summed E-state index contributed by atoms with van der Waals surface area (Å²) in [7, 11) is 0. The molecule has 0 fully saturated rings. The van der Waals surface area contributed by atoms with Gasteiger partial charge in [-0.2, -0.15) is 0 Å². The highest BCUT2D eigenvalue weighted by molar-refractivity contribution is 7.09. The molecule has 1 aromatic rings. The number of hydrogen-bond acceptors (Lipinski definition) is 4. The third-order valence-corrected chi connectivity index (χ3v) is 1.89. The highest BCUT2D eigenvalue weighted by Gasteiger charge is 2.00. The Labute approximate surface area is 69.7 Å². The highest BCUT2D eigenvalue weighted by Crippen LogP contribution is 2.15. The summed E-state index contributed by atoms with van der Waals surface area (Å²) in [5, 5.41) is 11.3. The molecular formula is C7H11NO2S. The van der Waals surface area contributed by atoms with Crippen LogP contribution in [0.4, 0.5) is 0 Å². The molecule has 0 aromatic carbocycles. The van der Waals surface area contributed by atoms with Gasteiger partial charge in [0, 0.05) is 0 Å². The summed E-state index contributed by atoms with van der Waals surface area (Å²) in [6.45, 7) is 4.42. The molecule has 0 spiro atoms. The van der Waals surface area contributed by atoms with E-state index in [1.807, 2.05) is 13.8 Å². The van der Waals surface area contributed by atoms with E-state index in [2.05, 4.69) is 4.98 Å². The van der Waals surface area contributed by atoms with Crippen LogP contribution in [0.15, 0.2) is 5.38 Å². The van der Waals surface area contributed by atoms with Crippen LogP contribution in [0.5, 0.6) is 5.88 Å². The molecule has 0 bridgehead atoms. The van der Waals surface area contributed by atoms with Crippen molar-refractivity contribution in [3.8, 4) is 5.88 Å². The quantitative estimate of drug-likeness (QED) is 0.757. The van der Waals surface area contributed by atoms with Crippen molar-refractivity contribution >= 4 is 11.3 Å². The minimum Gasteiger partial charge on any atom is -0.493 e. The molecule has 0 aliphatic carbocycles. The first-order valence-corrected chi connectivity index (χ1v) is 4.31. The van der Waals surface area contributed by atoms with E-state index < -0.39 is 0 Å². The lowest BCUT2D eigenvalue weighted by atomic mass is 10.5. The molecular weight excluding hydrogens is 162 g/mol. The predicted molar refractivity (Wildman–Crippen MR) is 43.7 cm³/mol. The Hall–Kier alpha value is -0.610. The van der Waals surface area contributed by atoms with E-state index in [4.69, 9.17) is 9.84 Å². The normalized spacial score (nSPS) is 10.8. The zero-order valence-electron chi connectivity index (χ0n) is 6.57. The second-order valence-corrected chi connectivity index (χ2v) is 3.40. The maximum atomic E-state index is 8.86. The fraction of sp³-hybridized carbons (Fsp3) is 0.571. The van der Waals surface area contributed by atoms with Crippen LogP contribution >= 0.6 is 11.3 Å². The van der Waals surface area contributed by atoms with Crippen LogP contribution in [0, 0.1) is 0 Å². The van der Waals surface area contributed by atoms with Crippen molar-refractivity contribution in [2.45, 2.75) is 26.6 Å². The van der Waals surface area contributed by atoms with E-state index in [1.165, 1.54) is 11.3 Å². The zero-order chi connectivity index (χ0) is 8.27. The Morgan fingerprint density at radius 1 is 1.73 bits per heavy atom. The van der Waals surface area contributed by atoms with E-state index in [0.29, 0.717) is 6.61 Å². The molecule has 0 saturated heterocycles. The third kappa shape index (κ3) is 2.86. The molecule has 0 unspecified atom stereocenters. The van der Waals surface area contributed by atoms with E-state index >= 15 is 0 Å². The van der Waals surface area contributed by atoms with Crippen molar-refractivity contribution in [2.24, 2.45) is 0 Å². The van der Waals surface area contributed by atoms with Gasteiger partial charge in [0.25, 0.3) is 0 Å². The van der Waals surface area contributed by atoms with Gasteiger partial charge in [0.2, 0.25) is 5.88 Å². The molecule has 1 heterocycles. The van der Waals surface area contributed by atoms with Gasteiger partial charge in [-0.1, -0.05) is 0 Å². The molecule has 1 N–H and O–H groups in total. The van der Waals surface area contributed by atoms with Crippen molar-refractivity contribution in [1.82, 2.24) is 4.98 Å². The van der Waals surface area contributed by atoms with Crippen LogP contribution in [-0.4, -0.2) is 16.2 Å². The number of rotatable bonds is 3. The predicted octanol–water partition coefficient (Wildman–Crippen LogP) is 1.77. The monoisotopic (exact) mass is 173 g/mol. The second kappa shape index (κ2) is 3.69. The molecule has 4 heteroatoms. The largest absolute Gasteiger partial charge is 0.493 e. The number of hydrogen-bond donors (Lipinski definition) is 1. The Bertz CT molecular complexity index is 222. The van der Waals surface area contributed by atoms with Gasteiger partial charge >= 0.3 is 0 Å². The fourth-order valence-corrected chi connectivity index (χ4v) is 1.18. The van der Waals surface area contributed by atoms with E-state index in [0.717, 1.165) is 5.01 Å². The van der Waals surface area contributed by atoms with Crippen molar-refractivity contribution < 1.29 is 9.84 Å². The molecule has 1 aromatic heterocycles. The Kier molecular flexibility index (Phi) is 2.84. The summed E-state index contributed by atoms with van der Waals surface area (Å²) in [6.07, 6.45) is 0.209. The number of aromatic hydroxyl groups is 1. The molecule has 11 heavy (non-hydrogen) atoms. The number of thiazole rings is 1. The van der Waals surface area contributed by atoms with Crippen LogP contribution in [-0.2, 0) is 11.3 Å². The van der Waals surface area contributed by atoms with Crippen molar-refractivity contribution in [2.75, 3.05) is 0 Å². The van der Waals surface area contributed by atoms with Gasteiger partial charge in [-0.05, 0) is 13.8 Å². The summed E-state index contributed by atoms with van der Waals surface area (Å²) in [4.78, 5) is 3.83. The number of aromatic nitrogens is 1. The number of nitrogens with zero attached hydrogens (tertiary/aromatic N) is 1. The molecule has 0 amide bonds. The van der Waals surface area contributed by atoms with E-state index in [1.54, 1.807) is 5.38 Å². The average molecular weight is 173 g/mol. The minimum absolute atomic E-state index is 0.0809. The van der Waals surface area contributed by atoms with Gasteiger partial charge in [0.05, 0.1) is 18.1 Å². The standard InChI is InChI=1S/C7H11NO2S/c1-5(2)10-3-7-8-6(9)4-11-7/h4-5,9H,3H2,1-2H3. The Balaban J connectivity index is 2.39. The first kappa shape index (κ1) is 8.49. The second-order valence-electron chi connectivity index (χ2n) is 2.46. The van der Waals surface area contributed by atoms with Gasteiger partial charge in [-0.25, -0.2) is 4.98 Å². The molecule has 3 nitrogen and oxygen atoms in total. The van der Waals surface area contributed by atoms with Crippen molar-refractivity contribution in [3.63, 3.8) is 0 Å². The summed E-state index contributed by atoms with van der Waals surface area (Å²) in [5.74, 6) is 0.0809. The summed E-state index contributed by atoms with van der Waals surface area (Å²) >= 11 is 1.41. The molecule has 0 atom stereocenters. The zero-order valence-corrected chi connectivity index (χ0v) is 7.39. The first-order chi connectivity index (χ1) is 5.18. The van der Waals surface area contributed by atoms with Gasteiger partial charge in [0.15, 0.2) is 0 Å². The lowest BCUT2D eigenvalue weighted by Crippen LogP contribution is -2.01. The Morgan fingerprint density at radius 2 is 2.45 bits per heavy atom. The molecule has 0 aliphatic rings. The average Bonchev–Trinajstić information content (AvgIpc) is 2.31. The van der Waals surface area contributed by atoms with Gasteiger partial charge in [-0.15, -0.1) is 11.3 Å². The van der Waals surface area contributed by atoms with E-state index in [9.17, 15) is 0 Å². The van der Waals surface area contributed by atoms with Crippen LogP contribution in [0.2, 0.25) is 0 Å². The minimum atomic E-state index is 0.0809. The number of ether oxygens (including phenoxy) is 1. The molecule has 1 rings (SSSR count). The molecule has 0 radical (unpaired) electrons. The lowest BCUT2D eigenvalue weighted by Gasteiger charge is -2.03. The smallest absolute Gasteiger partial charge is 0.222 e. The van der Waals surface area contributed by atoms with Gasteiger partial charge in [0.1, 0.15) is 5.01 Å². The molecule has 0 saturated carbocycles. The van der Waals surface area contributed by atoms with E-state index in [-0.39, 0.29) is 12.0 Å². The Morgan fingerprint density at radius 3 is 2.91 bits per heavy atom.